The zero-order chi connectivity index (χ0) is 12.6. The van der Waals surface area contributed by atoms with E-state index in [1.807, 2.05) is 6.07 Å². The lowest BCUT2D eigenvalue weighted by atomic mass is 10.3. The molecule has 0 spiro atoms. The lowest BCUT2D eigenvalue weighted by Crippen LogP contribution is -1.83. The van der Waals surface area contributed by atoms with Gasteiger partial charge in [0.1, 0.15) is 22.4 Å². The smallest absolute Gasteiger partial charge is 0.161 e. The highest BCUT2D eigenvalue weighted by atomic mass is 79.9. The van der Waals surface area contributed by atoms with Crippen molar-refractivity contribution in [1.29, 1.82) is 0 Å². The lowest BCUT2D eigenvalue weighted by molar-refractivity contribution is 0.349. The summed E-state index contributed by atoms with van der Waals surface area (Å²) in [5.41, 5.74) is 0. The van der Waals surface area contributed by atoms with Gasteiger partial charge in [-0.05, 0) is 66.3 Å². The predicted molar refractivity (Wildman–Crippen MR) is 82.2 cm³/mol. The highest BCUT2D eigenvalue weighted by Gasteiger charge is 2.07. The van der Waals surface area contributed by atoms with Crippen LogP contribution in [0, 0.1) is 0 Å². The maximum atomic E-state index is 5.19. The second-order valence-corrected chi connectivity index (χ2v) is 5.92. The maximum absolute atomic E-state index is 5.19. The van der Waals surface area contributed by atoms with Crippen LogP contribution in [0.5, 0.6) is 5.75 Å². The summed E-state index contributed by atoms with van der Waals surface area (Å²) < 4.78 is 12.0. The van der Waals surface area contributed by atoms with Crippen molar-refractivity contribution in [2.45, 2.75) is 13.3 Å². The topological polar surface area (TPSA) is 18.5 Å². The molecule has 1 aromatic carbocycles. The zero-order valence-corrected chi connectivity index (χ0v) is 16.4. The van der Waals surface area contributed by atoms with Gasteiger partial charge in [0.2, 0.25) is 0 Å². The number of rotatable bonds is 3. The van der Waals surface area contributed by atoms with Crippen LogP contribution in [0.15, 0.2) is 25.6 Å². The monoisotopic (exact) mass is 452 g/mol. The molecule has 16 heavy (non-hydrogen) atoms. The maximum Gasteiger partial charge on any atom is 0.161 e. The van der Waals surface area contributed by atoms with Crippen molar-refractivity contribution in [3.8, 4) is 5.75 Å². The van der Waals surface area contributed by atoms with Crippen molar-refractivity contribution >= 4 is 70.1 Å². The summed E-state index contributed by atoms with van der Waals surface area (Å²) in [7, 11) is 0.899. The van der Waals surface area contributed by atoms with Crippen molar-refractivity contribution in [3.63, 3.8) is 0 Å². The van der Waals surface area contributed by atoms with Gasteiger partial charge in [-0.25, -0.2) is 0 Å². The summed E-state index contributed by atoms with van der Waals surface area (Å²) in [6.45, 7) is 3.06. The molecule has 0 aliphatic heterocycles. The van der Waals surface area contributed by atoms with Gasteiger partial charge in [-0.15, -0.1) is 0 Å². The molecule has 0 atom stereocenters. The van der Waals surface area contributed by atoms with E-state index in [-0.39, 0.29) is 0 Å². The minimum atomic E-state index is 0.585. The Morgan fingerprint density at radius 1 is 1.25 bits per heavy atom. The summed E-state index contributed by atoms with van der Waals surface area (Å²) in [6.07, 6.45) is 1.16. The molecule has 0 fully saturated rings. The number of halogens is 4. The van der Waals surface area contributed by atoms with Crippen LogP contribution in [0.2, 0.25) is 0 Å². The molecular weight excluding hydrogens is 443 g/mol. The largest absolute Gasteiger partial charge is 0.428 e. The van der Waals surface area contributed by atoms with Crippen molar-refractivity contribution < 1.29 is 8.72 Å². The minimum absolute atomic E-state index is 0.585. The van der Waals surface area contributed by atoms with Crippen LogP contribution < -0.4 is 4.29 Å². The first-order valence-corrected chi connectivity index (χ1v) is 7.99. The standard InChI is InChI=1S/C6H2Br3ClO.C3H10OSi/c7-3-1-2-4(11-10)6(9)5(3)8;1-2-3-4-5/h1-2H;2-3H2,1,5H3. The average molecular weight is 455 g/mol. The predicted octanol–water partition coefficient (Wildman–Crippen LogP) is 4.20. The molecule has 2 nitrogen and oxygen atoms in total. The SMILES string of the molecule is CCCO[SiH3].ClOc1ccc(Br)c(Br)c1Br. The van der Waals surface area contributed by atoms with E-state index < -0.39 is 0 Å². The molecule has 0 amide bonds. The normalized spacial score (nSPS) is 9.56. The molecule has 0 aromatic heterocycles. The van der Waals surface area contributed by atoms with Gasteiger partial charge in [0.15, 0.2) is 5.75 Å². The first kappa shape index (κ1) is 16.9. The zero-order valence-electron chi connectivity index (χ0n) is 8.90. The molecule has 0 unspecified atom stereocenters. The van der Waals surface area contributed by atoms with Crippen LogP contribution in [0.25, 0.3) is 0 Å². The Bertz CT molecular complexity index is 324. The number of benzene rings is 1. The molecule has 0 radical (unpaired) electrons. The van der Waals surface area contributed by atoms with E-state index in [2.05, 4.69) is 59.0 Å². The number of hydrogen-bond donors (Lipinski definition) is 0. The summed E-state index contributed by atoms with van der Waals surface area (Å²) in [5, 5.41) is 0. The molecule has 0 aliphatic rings. The second-order valence-electron chi connectivity index (χ2n) is 2.74. The van der Waals surface area contributed by atoms with Crippen molar-refractivity contribution in [2.75, 3.05) is 6.61 Å². The molecule has 0 bridgehead atoms. The van der Waals surface area contributed by atoms with Gasteiger partial charge in [0.05, 0.1) is 4.47 Å². The minimum Gasteiger partial charge on any atom is -0.428 e. The third-order valence-corrected chi connectivity index (χ3v) is 5.40. The van der Waals surface area contributed by atoms with E-state index in [1.54, 1.807) is 6.07 Å². The van der Waals surface area contributed by atoms with Crippen molar-refractivity contribution in [3.05, 3.63) is 25.6 Å². The second kappa shape index (κ2) is 9.91. The van der Waals surface area contributed by atoms with E-state index >= 15 is 0 Å². The Hall–Kier alpha value is 0.927. The van der Waals surface area contributed by atoms with Crippen LogP contribution in [0.3, 0.4) is 0 Å². The molecule has 1 rings (SSSR count). The fraction of sp³-hybridized carbons (Fsp3) is 0.333. The van der Waals surface area contributed by atoms with Gasteiger partial charge in [-0.3, -0.25) is 0 Å². The van der Waals surface area contributed by atoms with Crippen molar-refractivity contribution in [2.24, 2.45) is 0 Å². The highest BCUT2D eigenvalue weighted by molar-refractivity contribution is 9.14. The Morgan fingerprint density at radius 3 is 2.25 bits per heavy atom. The summed E-state index contributed by atoms with van der Waals surface area (Å²) in [6, 6.07) is 3.60. The van der Waals surface area contributed by atoms with E-state index in [0.29, 0.717) is 5.75 Å². The van der Waals surface area contributed by atoms with Gasteiger partial charge in [-0.2, -0.15) is 0 Å². The summed E-state index contributed by atoms with van der Waals surface area (Å²) in [4.78, 5) is 0. The van der Waals surface area contributed by atoms with E-state index in [9.17, 15) is 0 Å². The average Bonchev–Trinajstić information content (AvgIpc) is 2.28. The molecule has 92 valence electrons. The third-order valence-electron chi connectivity index (χ3n) is 1.49. The first-order valence-electron chi connectivity index (χ1n) is 4.49. The molecule has 7 heteroatoms. The van der Waals surface area contributed by atoms with E-state index in [1.165, 1.54) is 0 Å². The highest BCUT2D eigenvalue weighted by Crippen LogP contribution is 2.37. The van der Waals surface area contributed by atoms with Crippen LogP contribution >= 0.6 is 59.7 Å². The molecule has 0 heterocycles. The lowest BCUT2D eigenvalue weighted by Gasteiger charge is -2.02. The Kier molecular flexibility index (Phi) is 10.5. The van der Waals surface area contributed by atoms with Gasteiger partial charge >= 0.3 is 0 Å². The van der Waals surface area contributed by atoms with Gasteiger partial charge in [0.25, 0.3) is 0 Å². The molecule has 0 saturated carbocycles. The quantitative estimate of drug-likeness (QED) is 0.503. The van der Waals surface area contributed by atoms with Crippen LogP contribution in [-0.2, 0) is 4.43 Å². The summed E-state index contributed by atoms with van der Waals surface area (Å²) in [5.74, 6) is 0.585. The van der Waals surface area contributed by atoms with Gasteiger partial charge < -0.3 is 8.72 Å². The third kappa shape index (κ3) is 6.02. The summed E-state index contributed by atoms with van der Waals surface area (Å²) >= 11 is 15.2. The molecule has 1 aromatic rings. The molecule has 0 aliphatic carbocycles. The number of hydrogen-bond acceptors (Lipinski definition) is 2. The van der Waals surface area contributed by atoms with Crippen LogP contribution in [0.4, 0.5) is 0 Å². The van der Waals surface area contributed by atoms with Gasteiger partial charge in [0, 0.05) is 15.6 Å². The van der Waals surface area contributed by atoms with Gasteiger partial charge in [-0.1, -0.05) is 6.92 Å². The fourth-order valence-corrected chi connectivity index (χ4v) is 2.75. The van der Waals surface area contributed by atoms with Crippen molar-refractivity contribution in [1.82, 2.24) is 0 Å². The van der Waals surface area contributed by atoms with Crippen LogP contribution in [0.1, 0.15) is 13.3 Å². The molecule has 0 N–H and O–H groups in total. The van der Waals surface area contributed by atoms with Crippen LogP contribution in [-0.4, -0.2) is 17.1 Å². The molecular formula is C9H12Br3ClO2Si. The fourth-order valence-electron chi connectivity index (χ4n) is 0.772. The Morgan fingerprint density at radius 2 is 1.88 bits per heavy atom. The Labute approximate surface area is 129 Å². The first-order chi connectivity index (χ1) is 7.58. The van der Waals surface area contributed by atoms with E-state index in [4.69, 9.17) is 16.3 Å². The molecule has 0 saturated heterocycles. The van der Waals surface area contributed by atoms with E-state index in [0.717, 1.165) is 36.9 Å². The Balaban J connectivity index is 0.000000385.